The van der Waals surface area contributed by atoms with Gasteiger partial charge >= 0.3 is 5.69 Å². The molecule has 2 aromatic heterocycles. The van der Waals surface area contributed by atoms with Crippen molar-refractivity contribution in [1.82, 2.24) is 40.4 Å². The predicted molar refractivity (Wildman–Crippen MR) is 306 cm³/mol. The van der Waals surface area contributed by atoms with E-state index in [2.05, 4.69) is 59.7 Å². The number of rotatable bonds is 13. The van der Waals surface area contributed by atoms with Crippen LogP contribution in [0.3, 0.4) is 0 Å². The number of hydrogen-bond acceptors (Lipinski definition) is 13. The lowest BCUT2D eigenvalue weighted by Crippen LogP contribution is -2.73. The van der Waals surface area contributed by atoms with E-state index in [1.807, 2.05) is 49.5 Å². The highest BCUT2D eigenvalue weighted by Crippen LogP contribution is 2.61. The summed E-state index contributed by atoms with van der Waals surface area (Å²) in [5, 5.41) is 55.1. The van der Waals surface area contributed by atoms with Gasteiger partial charge in [-0.05, 0) is 123 Å². The van der Waals surface area contributed by atoms with Crippen LogP contribution >= 0.6 is 0 Å². The molecule has 0 radical (unpaired) electrons. The Morgan fingerprint density at radius 2 is 1.28 bits per heavy atom. The number of aliphatic hydroxyl groups is 2. The number of aromatic hydroxyl groups is 2. The maximum Gasteiger partial charge on any atom is 0.325 e. The number of imidazole rings is 1. The Bertz CT molecular complexity index is 3910. The van der Waals surface area contributed by atoms with Crippen LogP contribution < -0.4 is 21.9 Å². The van der Waals surface area contributed by atoms with Crippen molar-refractivity contribution in [2.75, 3.05) is 39.8 Å². The standard InChI is InChI=1S/C64H66N8O10/c1-71-28-23-61-33-42(73)16-21-63(61,81)49(71)31-40-12-14-46(55(75)52(40)61)58(78)66-26-19-51-68-48-7-3-6-44(54(48)69-51)39-5-2-4-37(30-39)20-27-72-29-24-62-34-43(74)17-22-64(62,82)50(72)32-41-13-15-45(56(76)53(41)62)57(77)65-25-18-36-8-10-38(11-9-36)47-35-67-60(80)70-59(47)79/h2-15,30,35,49-50,75-76,81-82H,16-29,31-34H2,1H3,(H,65,77)(H,66,78)(H,68,69)(H2,67,70,79,80)/t49-,50-,61-,62-,63-,64-/m1/s1. The fourth-order valence-corrected chi connectivity index (χ4v) is 15.7. The Kier molecular flexibility index (Phi) is 13.1. The summed E-state index contributed by atoms with van der Waals surface area (Å²) in [5.74, 6) is -0.479. The number of carbonyl (C=O) groups excluding carboxylic acids is 4. The molecule has 0 unspecified atom stereocenters. The molecule has 2 amide bonds. The third-order valence-electron chi connectivity index (χ3n) is 19.7. The highest BCUT2D eigenvalue weighted by atomic mass is 16.3. The maximum absolute atomic E-state index is 13.8. The minimum Gasteiger partial charge on any atom is -0.507 e. The highest BCUT2D eigenvalue weighted by molar-refractivity contribution is 5.99. The molecule has 5 aromatic carbocycles. The van der Waals surface area contributed by atoms with Crippen molar-refractivity contribution in [1.29, 1.82) is 0 Å². The summed E-state index contributed by atoms with van der Waals surface area (Å²) in [6.45, 7) is 2.40. The quantitative estimate of drug-likeness (QED) is 0.0719. The number of nitrogens with one attached hydrogen (secondary N) is 5. The van der Waals surface area contributed by atoms with Gasteiger partial charge in [-0.15, -0.1) is 0 Å². The van der Waals surface area contributed by atoms with Crippen LogP contribution in [-0.4, -0.2) is 137 Å². The Balaban J connectivity index is 0.668. The smallest absolute Gasteiger partial charge is 0.325 e. The van der Waals surface area contributed by atoms with Crippen LogP contribution in [0, 0.1) is 0 Å². The van der Waals surface area contributed by atoms with Gasteiger partial charge in [0.2, 0.25) is 0 Å². The van der Waals surface area contributed by atoms with E-state index in [0.29, 0.717) is 105 Å². The van der Waals surface area contributed by atoms with Crippen LogP contribution in [0.4, 0.5) is 0 Å². The summed E-state index contributed by atoms with van der Waals surface area (Å²) < 4.78 is 0. The van der Waals surface area contributed by atoms with E-state index in [-0.39, 0.29) is 85.0 Å². The van der Waals surface area contributed by atoms with E-state index in [9.17, 15) is 49.2 Å². The van der Waals surface area contributed by atoms with Crippen LogP contribution in [-0.2, 0) is 52.5 Å². The molecule has 4 heterocycles. The van der Waals surface area contributed by atoms with Gasteiger partial charge < -0.3 is 45.9 Å². The second kappa shape index (κ2) is 20.1. The second-order valence-corrected chi connectivity index (χ2v) is 23.9. The number of ketones is 2. The lowest BCUT2D eigenvalue weighted by molar-refractivity contribution is -0.172. The number of aromatic nitrogens is 4. The summed E-state index contributed by atoms with van der Waals surface area (Å²) in [6.07, 6.45) is 6.15. The summed E-state index contributed by atoms with van der Waals surface area (Å²) in [5.41, 5.74) is 3.92. The topological polar surface area (TPSA) is 274 Å². The minimum absolute atomic E-state index is 0.0238. The number of H-pyrrole nitrogens is 3. The highest BCUT2D eigenvalue weighted by Gasteiger charge is 2.67. The van der Waals surface area contributed by atoms with Gasteiger partial charge in [0.25, 0.3) is 17.4 Å². The first-order chi connectivity index (χ1) is 39.5. The number of likely N-dealkylation sites (N-methyl/N-ethyl adjacent to an activating group) is 1. The molecule has 0 spiro atoms. The van der Waals surface area contributed by atoms with Crippen molar-refractivity contribution in [3.8, 4) is 33.8 Å². The molecule has 2 saturated carbocycles. The number of benzene rings is 5. The molecule has 9 N–H and O–H groups in total. The number of carbonyl (C=O) groups is 4. The van der Waals surface area contributed by atoms with Gasteiger partial charge in [0.1, 0.15) is 28.9 Å². The van der Waals surface area contributed by atoms with Crippen molar-refractivity contribution < 1.29 is 39.6 Å². The number of likely N-dealkylation sites (tertiary alicyclic amines) is 2. The molecule has 6 aliphatic rings. The monoisotopic (exact) mass is 1110 g/mol. The average molecular weight is 1110 g/mol. The number of fused-ring (bicyclic) bond motifs is 3. The normalized spacial score (nSPS) is 25.6. The fraction of sp³-hybridized carbons (Fsp3) is 0.391. The van der Waals surface area contributed by atoms with Crippen LogP contribution in [0.15, 0.2) is 107 Å². The predicted octanol–water partition coefficient (Wildman–Crippen LogP) is 5.21. The molecule has 6 atom stereocenters. The summed E-state index contributed by atoms with van der Waals surface area (Å²) in [6, 6.07) is 28.1. The van der Waals surface area contributed by atoms with E-state index in [1.165, 1.54) is 6.20 Å². The Morgan fingerprint density at radius 1 is 0.659 bits per heavy atom. The largest absolute Gasteiger partial charge is 0.507 e. The molecule has 4 bridgehead atoms. The van der Waals surface area contributed by atoms with Gasteiger partial charge in [-0.25, -0.2) is 9.78 Å². The van der Waals surface area contributed by atoms with E-state index in [0.717, 1.165) is 44.4 Å². The van der Waals surface area contributed by atoms with E-state index in [1.54, 1.807) is 24.3 Å². The molecule has 13 rings (SSSR count). The summed E-state index contributed by atoms with van der Waals surface area (Å²) in [4.78, 5) is 95.3. The van der Waals surface area contributed by atoms with Crippen molar-refractivity contribution in [2.45, 2.75) is 118 Å². The Morgan fingerprint density at radius 3 is 1.95 bits per heavy atom. The van der Waals surface area contributed by atoms with Gasteiger partial charge in [-0.3, -0.25) is 33.9 Å². The molecule has 4 aliphatic carbocycles. The molecule has 4 fully saturated rings. The van der Waals surface area contributed by atoms with Crippen LogP contribution in [0.1, 0.15) is 111 Å². The van der Waals surface area contributed by atoms with Gasteiger partial charge in [0, 0.05) is 97.5 Å². The summed E-state index contributed by atoms with van der Waals surface area (Å²) in [7, 11) is 2.00. The van der Waals surface area contributed by atoms with Gasteiger partial charge in [0.15, 0.2) is 0 Å². The first-order valence-corrected chi connectivity index (χ1v) is 28.7. The second-order valence-electron chi connectivity index (χ2n) is 23.9. The number of piperidine rings is 2. The van der Waals surface area contributed by atoms with Gasteiger partial charge in [-0.1, -0.05) is 72.8 Å². The zero-order valence-electron chi connectivity index (χ0n) is 45.7. The third kappa shape index (κ3) is 8.54. The first-order valence-electron chi connectivity index (χ1n) is 28.7. The third-order valence-corrected chi connectivity index (χ3v) is 19.7. The summed E-state index contributed by atoms with van der Waals surface area (Å²) >= 11 is 0. The zero-order chi connectivity index (χ0) is 56.9. The molecular formula is C64H66N8O10. The molecule has 2 saturated heterocycles. The minimum atomic E-state index is -1.32. The first kappa shape index (κ1) is 53.3. The van der Waals surface area contributed by atoms with Crippen molar-refractivity contribution in [3.05, 3.63) is 168 Å². The van der Waals surface area contributed by atoms with Crippen molar-refractivity contribution >= 4 is 34.4 Å². The molecule has 7 aromatic rings. The van der Waals surface area contributed by atoms with E-state index in [4.69, 9.17) is 4.98 Å². The Hall–Kier alpha value is -8.03. The fourth-order valence-electron chi connectivity index (χ4n) is 15.7. The molecular weight excluding hydrogens is 1040 g/mol. The lowest BCUT2D eigenvalue weighted by Gasteiger charge is -2.63. The zero-order valence-corrected chi connectivity index (χ0v) is 45.7. The molecule has 18 nitrogen and oxygen atoms in total. The maximum atomic E-state index is 13.8. The molecule has 2 aliphatic heterocycles. The number of amides is 2. The number of phenols is 2. The van der Waals surface area contributed by atoms with E-state index >= 15 is 0 Å². The average Bonchev–Trinajstić information content (AvgIpc) is 3.51. The molecule has 422 valence electrons. The number of para-hydroxylation sites is 1. The number of Topliss-reactive ketones (excluding diaryl/α,β-unsaturated/α-hetero) is 2. The number of nitrogens with zero attached hydrogens (tertiary/aromatic N) is 3. The lowest BCUT2D eigenvalue weighted by atomic mass is 9.49. The van der Waals surface area contributed by atoms with Crippen LogP contribution in [0.2, 0.25) is 0 Å². The molecule has 82 heavy (non-hydrogen) atoms. The van der Waals surface area contributed by atoms with Crippen LogP contribution in [0.5, 0.6) is 11.5 Å². The SMILES string of the molecule is CN1CC[C@]23CC(=O)CC[C@@]2(O)[C@H]1Cc1ccc(C(=O)NCCc2nc4cccc(-c5cccc(CCN6CC[C@]78CC(=O)CC[C@@]7(O)[C@H]6Cc6ccc(C(=O)NCCc7ccc(-c9c[nH]c(=O)[nH]c9=O)cc7)c(O)c68)c5)c4[nH]2)c(O)c13. The number of hydrogen-bond donors (Lipinski definition) is 9. The van der Waals surface area contributed by atoms with Crippen molar-refractivity contribution in [3.63, 3.8) is 0 Å². The van der Waals surface area contributed by atoms with Crippen molar-refractivity contribution in [2.24, 2.45) is 0 Å². The molecule has 18 heteroatoms. The van der Waals surface area contributed by atoms with Gasteiger partial charge in [-0.2, -0.15) is 0 Å². The Labute approximate surface area is 472 Å². The van der Waals surface area contributed by atoms with Gasteiger partial charge in [0.05, 0.1) is 38.9 Å². The number of phenolic OH excluding ortho intramolecular Hbond substituents is 2. The van der Waals surface area contributed by atoms with E-state index < -0.39 is 45.1 Å². The number of aromatic amines is 3. The van der Waals surface area contributed by atoms with Crippen LogP contribution in [0.25, 0.3) is 33.3 Å².